The Morgan fingerprint density at radius 2 is 2.12 bits per heavy atom. The lowest BCUT2D eigenvalue weighted by molar-refractivity contribution is -0.133. The van der Waals surface area contributed by atoms with Gasteiger partial charge >= 0.3 is 0 Å². The first-order valence-corrected chi connectivity index (χ1v) is 9.57. The van der Waals surface area contributed by atoms with Crippen LogP contribution in [0.4, 0.5) is 0 Å². The average Bonchev–Trinajstić information content (AvgIpc) is 3.14. The first kappa shape index (κ1) is 18.5. The Kier molecular flexibility index (Phi) is 6.57. The van der Waals surface area contributed by atoms with Gasteiger partial charge < -0.3 is 15.0 Å². The number of nitrogens with one attached hydrogen (secondary N) is 1. The van der Waals surface area contributed by atoms with E-state index in [-0.39, 0.29) is 0 Å². The minimum atomic E-state index is 0.312. The number of carbonyl (C=O) groups is 1. The van der Waals surface area contributed by atoms with E-state index in [1.807, 2.05) is 23.1 Å². The number of benzene rings is 1. The van der Waals surface area contributed by atoms with Crippen molar-refractivity contribution in [2.75, 3.05) is 46.4 Å². The van der Waals surface area contributed by atoms with Crippen LogP contribution in [0, 0.1) is 5.92 Å². The maximum Gasteiger partial charge on any atom is 0.222 e. The molecular formula is C19H28ClN3O2. The van der Waals surface area contributed by atoms with E-state index in [0.717, 1.165) is 68.6 Å². The van der Waals surface area contributed by atoms with E-state index in [1.165, 1.54) is 6.42 Å². The molecule has 0 radical (unpaired) electrons. The fraction of sp³-hybridized carbons (Fsp3) is 0.632. The zero-order valence-corrected chi connectivity index (χ0v) is 15.7. The molecule has 6 heteroatoms. The van der Waals surface area contributed by atoms with Gasteiger partial charge in [-0.3, -0.25) is 9.69 Å². The third-order valence-corrected chi connectivity index (χ3v) is 5.53. The molecule has 138 valence electrons. The second-order valence-electron chi connectivity index (χ2n) is 7.01. The smallest absolute Gasteiger partial charge is 0.222 e. The number of methoxy groups -OCH3 is 1. The normalized spacial score (nSPS) is 21.5. The van der Waals surface area contributed by atoms with E-state index >= 15 is 0 Å². The molecule has 25 heavy (non-hydrogen) atoms. The molecule has 2 aliphatic heterocycles. The molecule has 0 saturated carbocycles. The van der Waals surface area contributed by atoms with E-state index in [0.29, 0.717) is 18.2 Å². The lowest BCUT2D eigenvalue weighted by Gasteiger charge is -2.35. The van der Waals surface area contributed by atoms with Crippen molar-refractivity contribution in [3.63, 3.8) is 0 Å². The van der Waals surface area contributed by atoms with Crippen molar-refractivity contribution < 1.29 is 9.53 Å². The van der Waals surface area contributed by atoms with Crippen LogP contribution in [0.5, 0.6) is 5.75 Å². The first-order valence-electron chi connectivity index (χ1n) is 9.19. The second-order valence-corrected chi connectivity index (χ2v) is 7.45. The zero-order valence-electron chi connectivity index (χ0n) is 15.0. The molecule has 2 aliphatic rings. The van der Waals surface area contributed by atoms with Crippen molar-refractivity contribution in [3.8, 4) is 5.75 Å². The van der Waals surface area contributed by atoms with Gasteiger partial charge in [0.15, 0.2) is 0 Å². The number of piperazine rings is 1. The van der Waals surface area contributed by atoms with Crippen LogP contribution < -0.4 is 10.1 Å². The molecule has 3 rings (SSSR count). The third-order valence-electron chi connectivity index (χ3n) is 5.29. The monoisotopic (exact) mass is 365 g/mol. The average molecular weight is 366 g/mol. The van der Waals surface area contributed by atoms with E-state index in [1.54, 1.807) is 7.11 Å². The van der Waals surface area contributed by atoms with Crippen LogP contribution in [0.2, 0.25) is 5.02 Å². The largest absolute Gasteiger partial charge is 0.496 e. The van der Waals surface area contributed by atoms with Crippen LogP contribution in [-0.4, -0.2) is 62.1 Å². The summed E-state index contributed by atoms with van der Waals surface area (Å²) in [6.45, 7) is 6.39. The van der Waals surface area contributed by atoms with Crippen LogP contribution >= 0.6 is 11.6 Å². The summed E-state index contributed by atoms with van der Waals surface area (Å²) in [5, 5.41) is 4.09. The van der Waals surface area contributed by atoms with Crippen LogP contribution in [0.1, 0.15) is 24.8 Å². The van der Waals surface area contributed by atoms with Gasteiger partial charge in [-0.15, -0.1) is 0 Å². The number of nitrogens with zero attached hydrogens (tertiary/aromatic N) is 2. The van der Waals surface area contributed by atoms with Crippen LogP contribution in [-0.2, 0) is 11.3 Å². The Labute approximate surface area is 155 Å². The molecule has 1 atom stereocenters. The first-order chi connectivity index (χ1) is 12.2. The summed E-state index contributed by atoms with van der Waals surface area (Å²) in [7, 11) is 1.68. The van der Waals surface area contributed by atoms with Gasteiger partial charge in [0.05, 0.1) is 7.11 Å². The van der Waals surface area contributed by atoms with E-state index in [2.05, 4.69) is 10.2 Å². The van der Waals surface area contributed by atoms with E-state index in [9.17, 15) is 4.79 Å². The van der Waals surface area contributed by atoms with E-state index < -0.39 is 0 Å². The van der Waals surface area contributed by atoms with Gasteiger partial charge in [-0.1, -0.05) is 11.6 Å². The standard InChI is InChI=1S/C19H28ClN3O2/c1-25-18-4-3-17(20)12-16(18)14-22-8-10-23(11-9-22)19(24)5-2-15-6-7-21-13-15/h3-4,12,15,21H,2,5-11,13-14H2,1H3. The molecular weight excluding hydrogens is 338 g/mol. The molecule has 1 aromatic carbocycles. The van der Waals surface area contributed by atoms with Gasteiger partial charge in [-0.2, -0.15) is 0 Å². The van der Waals surface area contributed by atoms with Crippen molar-refractivity contribution in [1.29, 1.82) is 0 Å². The summed E-state index contributed by atoms with van der Waals surface area (Å²) in [5.41, 5.74) is 1.10. The Morgan fingerprint density at radius 1 is 1.32 bits per heavy atom. The summed E-state index contributed by atoms with van der Waals surface area (Å²) in [6, 6.07) is 5.73. The molecule has 1 aromatic rings. The topological polar surface area (TPSA) is 44.8 Å². The number of carbonyl (C=O) groups excluding carboxylic acids is 1. The van der Waals surface area contributed by atoms with Crippen LogP contribution in [0.15, 0.2) is 18.2 Å². The van der Waals surface area contributed by atoms with Gasteiger partial charge in [0.1, 0.15) is 5.75 Å². The predicted octanol–water partition coefficient (Wildman–Crippen LogP) is 2.38. The molecule has 0 bridgehead atoms. The molecule has 2 saturated heterocycles. The molecule has 1 unspecified atom stereocenters. The lowest BCUT2D eigenvalue weighted by Crippen LogP contribution is -2.48. The zero-order chi connectivity index (χ0) is 17.6. The number of hydrogen-bond donors (Lipinski definition) is 1. The van der Waals surface area contributed by atoms with Crippen molar-refractivity contribution in [2.24, 2.45) is 5.92 Å². The van der Waals surface area contributed by atoms with Crippen molar-refractivity contribution in [1.82, 2.24) is 15.1 Å². The molecule has 2 heterocycles. The lowest BCUT2D eigenvalue weighted by atomic mass is 10.0. The quantitative estimate of drug-likeness (QED) is 0.840. The van der Waals surface area contributed by atoms with Gasteiger partial charge in [0.2, 0.25) is 5.91 Å². The highest BCUT2D eigenvalue weighted by molar-refractivity contribution is 6.30. The number of rotatable bonds is 6. The fourth-order valence-electron chi connectivity index (χ4n) is 3.71. The van der Waals surface area contributed by atoms with E-state index in [4.69, 9.17) is 16.3 Å². The fourth-order valence-corrected chi connectivity index (χ4v) is 3.91. The minimum absolute atomic E-state index is 0.312. The molecule has 1 amide bonds. The summed E-state index contributed by atoms with van der Waals surface area (Å²) in [6.07, 6.45) is 2.92. The van der Waals surface area contributed by atoms with Crippen molar-refractivity contribution in [2.45, 2.75) is 25.8 Å². The van der Waals surface area contributed by atoms with Gasteiger partial charge in [-0.25, -0.2) is 0 Å². The van der Waals surface area contributed by atoms with Gasteiger partial charge in [-0.05, 0) is 50.0 Å². The number of halogens is 1. The maximum atomic E-state index is 12.4. The molecule has 0 spiro atoms. The summed E-state index contributed by atoms with van der Waals surface area (Å²) < 4.78 is 5.43. The van der Waals surface area contributed by atoms with Gasteiger partial charge in [0, 0.05) is 49.7 Å². The Bertz CT molecular complexity index is 582. The number of hydrogen-bond acceptors (Lipinski definition) is 4. The molecule has 2 fully saturated rings. The molecule has 5 nitrogen and oxygen atoms in total. The maximum absolute atomic E-state index is 12.4. The van der Waals surface area contributed by atoms with Crippen molar-refractivity contribution >= 4 is 17.5 Å². The molecule has 0 aromatic heterocycles. The minimum Gasteiger partial charge on any atom is -0.496 e. The van der Waals surface area contributed by atoms with Crippen LogP contribution in [0.25, 0.3) is 0 Å². The van der Waals surface area contributed by atoms with Crippen LogP contribution in [0.3, 0.4) is 0 Å². The Balaban J connectivity index is 1.45. The summed E-state index contributed by atoms with van der Waals surface area (Å²) >= 11 is 6.11. The number of ether oxygens (including phenoxy) is 1. The molecule has 1 N–H and O–H groups in total. The predicted molar refractivity (Wildman–Crippen MR) is 100 cm³/mol. The highest BCUT2D eigenvalue weighted by Crippen LogP contribution is 2.24. The molecule has 0 aliphatic carbocycles. The Hall–Kier alpha value is -1.30. The Morgan fingerprint density at radius 3 is 2.80 bits per heavy atom. The van der Waals surface area contributed by atoms with Gasteiger partial charge in [0.25, 0.3) is 0 Å². The van der Waals surface area contributed by atoms with Crippen molar-refractivity contribution in [3.05, 3.63) is 28.8 Å². The SMILES string of the molecule is COc1ccc(Cl)cc1CN1CCN(C(=O)CCC2CCNC2)CC1. The third kappa shape index (κ3) is 5.09. The number of amides is 1. The summed E-state index contributed by atoms with van der Waals surface area (Å²) in [4.78, 5) is 16.8. The summed E-state index contributed by atoms with van der Waals surface area (Å²) in [5.74, 6) is 1.86. The highest BCUT2D eigenvalue weighted by atomic mass is 35.5. The highest BCUT2D eigenvalue weighted by Gasteiger charge is 2.23. The second kappa shape index (κ2) is 8.88.